The van der Waals surface area contributed by atoms with E-state index in [4.69, 9.17) is 0 Å². The van der Waals surface area contributed by atoms with Gasteiger partial charge in [-0.05, 0) is 6.08 Å². The number of alkyl halides is 10. The molecule has 0 aromatic carbocycles. The normalized spacial score (nSPS) is 29.8. The summed E-state index contributed by atoms with van der Waals surface area (Å²) < 4.78 is 141. The molecule has 0 N–H and O–H groups in total. The van der Waals surface area contributed by atoms with E-state index >= 15 is 0 Å². The maximum absolute atomic E-state index is 12.8. The predicted octanol–water partition coefficient (Wildman–Crippen LogP) is 4.22. The van der Waals surface area contributed by atoms with Gasteiger partial charge in [0.1, 0.15) is 6.61 Å². The van der Waals surface area contributed by atoms with E-state index in [1.165, 1.54) is 0 Å². The second-order valence-electron chi connectivity index (χ2n) is 3.62. The average molecular weight is 356 g/mol. The number of rotatable bonds is 0. The minimum Gasteiger partial charge on any atom is -0.308 e. The molecule has 1 aliphatic heterocycles. The van der Waals surface area contributed by atoms with Gasteiger partial charge in [0.15, 0.2) is 11.9 Å². The smallest absolute Gasteiger partial charge is 0.308 e. The summed E-state index contributed by atoms with van der Waals surface area (Å²) in [5.74, 6) is -8.51. The summed E-state index contributed by atoms with van der Waals surface area (Å²) in [7, 11) is 0.500. The standard InChI is InChI=1S/C8H4F10O2.CH3F/c9-3-1-4(6(12,13)14)20-8(17,18)5(10,11)2-19-7(3,15)16;1-2/h1,4H,2H2;1H3/b3-1+;. The lowest BCUT2D eigenvalue weighted by molar-refractivity contribution is -0.394. The van der Waals surface area contributed by atoms with Crippen molar-refractivity contribution in [3.05, 3.63) is 11.9 Å². The lowest BCUT2D eigenvalue weighted by Crippen LogP contribution is -2.50. The first-order valence-corrected chi connectivity index (χ1v) is 4.96. The minimum absolute atomic E-state index is 0.500. The molecule has 1 heterocycles. The van der Waals surface area contributed by atoms with Gasteiger partial charge in [-0.3, -0.25) is 9.13 Å². The zero-order valence-corrected chi connectivity index (χ0v) is 10.3. The van der Waals surface area contributed by atoms with Crippen LogP contribution in [0.4, 0.5) is 48.3 Å². The highest BCUT2D eigenvalue weighted by Gasteiger charge is 2.63. The summed E-state index contributed by atoms with van der Waals surface area (Å²) in [4.78, 5) is 0. The molecular weight excluding hydrogens is 349 g/mol. The van der Waals surface area contributed by atoms with E-state index in [0.29, 0.717) is 7.18 Å². The van der Waals surface area contributed by atoms with E-state index in [0.717, 1.165) is 0 Å². The van der Waals surface area contributed by atoms with Gasteiger partial charge < -0.3 is 4.74 Å². The summed E-state index contributed by atoms with van der Waals surface area (Å²) in [6.07, 6.45) is -22.0. The molecule has 2 nitrogen and oxygen atoms in total. The molecule has 1 unspecified atom stereocenters. The Labute approximate surface area is 115 Å². The van der Waals surface area contributed by atoms with Crippen molar-refractivity contribution in [1.29, 1.82) is 0 Å². The lowest BCUT2D eigenvalue weighted by Gasteiger charge is -2.28. The number of ether oxygens (including phenoxy) is 2. The number of halogens is 11. The molecule has 0 spiro atoms. The van der Waals surface area contributed by atoms with Crippen molar-refractivity contribution >= 4 is 0 Å². The van der Waals surface area contributed by atoms with E-state index in [-0.39, 0.29) is 0 Å². The van der Waals surface area contributed by atoms with Crippen LogP contribution in [0.15, 0.2) is 11.9 Å². The fourth-order valence-corrected chi connectivity index (χ4v) is 1.01. The topological polar surface area (TPSA) is 18.5 Å². The Morgan fingerprint density at radius 1 is 1.05 bits per heavy atom. The fraction of sp³-hybridized carbons (Fsp3) is 0.778. The summed E-state index contributed by atoms with van der Waals surface area (Å²) in [5, 5.41) is 0. The van der Waals surface area contributed by atoms with E-state index in [2.05, 4.69) is 9.47 Å². The van der Waals surface area contributed by atoms with Gasteiger partial charge in [0.2, 0.25) is 0 Å². The molecule has 0 saturated heterocycles. The Bertz CT molecular complexity index is 401. The summed E-state index contributed by atoms with van der Waals surface area (Å²) in [6, 6.07) is 0. The van der Waals surface area contributed by atoms with Crippen LogP contribution in [0.25, 0.3) is 0 Å². The maximum atomic E-state index is 12.8. The molecule has 132 valence electrons. The van der Waals surface area contributed by atoms with Crippen LogP contribution in [0.3, 0.4) is 0 Å². The first kappa shape index (κ1) is 20.9. The van der Waals surface area contributed by atoms with Crippen LogP contribution < -0.4 is 0 Å². The van der Waals surface area contributed by atoms with E-state index < -0.39 is 48.9 Å². The molecule has 0 amide bonds. The summed E-state index contributed by atoms with van der Waals surface area (Å²) in [6.45, 7) is -2.75. The number of hydrogen-bond acceptors (Lipinski definition) is 2. The van der Waals surface area contributed by atoms with Crippen LogP contribution in [-0.4, -0.2) is 44.2 Å². The second kappa shape index (κ2) is 6.56. The highest BCUT2D eigenvalue weighted by atomic mass is 19.4. The third-order valence-corrected chi connectivity index (χ3v) is 2.03. The molecule has 0 aromatic rings. The van der Waals surface area contributed by atoms with Gasteiger partial charge in [-0.2, -0.15) is 39.5 Å². The average Bonchev–Trinajstić information content (AvgIpc) is 2.37. The summed E-state index contributed by atoms with van der Waals surface area (Å²) >= 11 is 0. The second-order valence-corrected chi connectivity index (χ2v) is 3.62. The largest absolute Gasteiger partial charge is 0.422 e. The molecule has 13 heteroatoms. The van der Waals surface area contributed by atoms with Crippen LogP contribution in [0.1, 0.15) is 0 Å². The van der Waals surface area contributed by atoms with Crippen molar-refractivity contribution in [1.82, 2.24) is 0 Å². The Balaban J connectivity index is 0.00000211. The Morgan fingerprint density at radius 3 is 1.91 bits per heavy atom. The van der Waals surface area contributed by atoms with Crippen LogP contribution in [0.2, 0.25) is 0 Å². The predicted molar refractivity (Wildman–Crippen MR) is 47.9 cm³/mol. The van der Waals surface area contributed by atoms with Crippen molar-refractivity contribution in [2.45, 2.75) is 30.4 Å². The van der Waals surface area contributed by atoms with Crippen LogP contribution in [-0.2, 0) is 9.47 Å². The molecule has 1 aliphatic rings. The van der Waals surface area contributed by atoms with Crippen LogP contribution in [0.5, 0.6) is 0 Å². The maximum Gasteiger partial charge on any atom is 0.422 e. The van der Waals surface area contributed by atoms with Crippen LogP contribution >= 0.6 is 0 Å². The molecule has 0 fully saturated rings. The number of hydrogen-bond donors (Lipinski definition) is 0. The third-order valence-electron chi connectivity index (χ3n) is 2.03. The SMILES string of the molecule is CF.F/C1=C/C(C(F)(F)F)OC(F)(F)C(F)(F)COC1(F)F. The zero-order valence-electron chi connectivity index (χ0n) is 10.3. The Kier molecular flexibility index (Phi) is 6.23. The Hall–Kier alpha value is -1.11. The van der Waals surface area contributed by atoms with Gasteiger partial charge >= 0.3 is 24.3 Å². The molecule has 0 aliphatic carbocycles. The van der Waals surface area contributed by atoms with Crippen LogP contribution in [0, 0.1) is 0 Å². The lowest BCUT2D eigenvalue weighted by atomic mass is 10.2. The van der Waals surface area contributed by atoms with Gasteiger partial charge in [0.05, 0.1) is 7.18 Å². The van der Waals surface area contributed by atoms with E-state index in [1.54, 1.807) is 0 Å². The molecule has 22 heavy (non-hydrogen) atoms. The van der Waals surface area contributed by atoms with E-state index in [1.807, 2.05) is 0 Å². The first-order chi connectivity index (χ1) is 9.69. The van der Waals surface area contributed by atoms with Crippen molar-refractivity contribution in [3.8, 4) is 0 Å². The third kappa shape index (κ3) is 4.69. The van der Waals surface area contributed by atoms with Crippen molar-refractivity contribution in [2.75, 3.05) is 13.8 Å². The summed E-state index contributed by atoms with van der Waals surface area (Å²) in [5.41, 5.74) is 0. The molecule has 1 atom stereocenters. The van der Waals surface area contributed by atoms with Gasteiger partial charge in [-0.15, -0.1) is 0 Å². The van der Waals surface area contributed by atoms with Crippen molar-refractivity contribution in [3.63, 3.8) is 0 Å². The van der Waals surface area contributed by atoms with Gasteiger partial charge in [0.25, 0.3) is 0 Å². The van der Waals surface area contributed by atoms with Gasteiger partial charge in [0, 0.05) is 0 Å². The molecule has 1 rings (SSSR count). The minimum atomic E-state index is -5.82. The molecule has 0 radical (unpaired) electrons. The molecular formula is C9H7F11O2. The monoisotopic (exact) mass is 356 g/mol. The van der Waals surface area contributed by atoms with Gasteiger partial charge in [-0.1, -0.05) is 0 Å². The highest BCUT2D eigenvalue weighted by molar-refractivity contribution is 5.07. The quantitative estimate of drug-likeness (QED) is 0.605. The first-order valence-electron chi connectivity index (χ1n) is 4.96. The molecule has 0 saturated carbocycles. The molecule has 0 bridgehead atoms. The Morgan fingerprint density at radius 2 is 1.50 bits per heavy atom. The van der Waals surface area contributed by atoms with E-state index in [9.17, 15) is 48.3 Å². The molecule has 0 aromatic heterocycles. The fourth-order valence-electron chi connectivity index (χ4n) is 1.01. The highest BCUT2D eigenvalue weighted by Crippen LogP contribution is 2.43. The van der Waals surface area contributed by atoms with Crippen molar-refractivity contribution < 1.29 is 57.8 Å². The van der Waals surface area contributed by atoms with Crippen molar-refractivity contribution in [2.24, 2.45) is 0 Å². The zero-order chi connectivity index (χ0) is 18.0. The van der Waals surface area contributed by atoms with Gasteiger partial charge in [-0.25, -0.2) is 4.39 Å².